The molecule has 10 heteroatoms. The summed E-state index contributed by atoms with van der Waals surface area (Å²) >= 11 is 0. The molecule has 1 rings (SSSR count). The van der Waals surface area contributed by atoms with E-state index in [2.05, 4.69) is 6.92 Å². The van der Waals surface area contributed by atoms with Crippen molar-refractivity contribution in [2.24, 2.45) is 0 Å². The molecule has 0 aliphatic carbocycles. The van der Waals surface area contributed by atoms with Gasteiger partial charge in [-0.3, -0.25) is 4.79 Å². The van der Waals surface area contributed by atoms with E-state index >= 15 is 0 Å². The maximum Gasteiger partial charge on any atom is 0.305 e. The summed E-state index contributed by atoms with van der Waals surface area (Å²) in [6.07, 6.45) is 9.31. The molecule has 1 saturated heterocycles. The highest BCUT2D eigenvalue weighted by Gasteiger charge is 2.13. The highest BCUT2D eigenvalue weighted by Crippen LogP contribution is 2.13. The molecule has 0 aromatic heterocycles. The lowest BCUT2D eigenvalue weighted by Crippen LogP contribution is -2.24. The predicted octanol–water partition coefficient (Wildman–Crippen LogP) is 3.53. The van der Waals surface area contributed by atoms with Crippen molar-refractivity contribution < 1.29 is 47.4 Å². The van der Waals surface area contributed by atoms with Gasteiger partial charge < -0.3 is 42.6 Å². The molecule has 10 nitrogen and oxygen atoms in total. The third-order valence-electron chi connectivity index (χ3n) is 5.50. The van der Waals surface area contributed by atoms with E-state index in [-0.39, 0.29) is 12.3 Å². The van der Waals surface area contributed by atoms with E-state index in [0.717, 1.165) is 32.3 Å². The molecule has 0 saturated carbocycles. The van der Waals surface area contributed by atoms with E-state index in [9.17, 15) is 4.79 Å². The summed E-state index contributed by atoms with van der Waals surface area (Å²) in [6, 6.07) is 0. The van der Waals surface area contributed by atoms with Crippen molar-refractivity contribution in [3.8, 4) is 0 Å². The molecule has 1 aliphatic rings. The van der Waals surface area contributed by atoms with Crippen molar-refractivity contribution in [1.82, 2.24) is 0 Å². The van der Waals surface area contributed by atoms with Crippen LogP contribution in [0, 0.1) is 0 Å². The highest BCUT2D eigenvalue weighted by atomic mass is 16.7. The molecule has 1 fully saturated rings. The van der Waals surface area contributed by atoms with E-state index < -0.39 is 0 Å². The first kappa shape index (κ1) is 34.2. The molecule has 0 aromatic rings. The van der Waals surface area contributed by atoms with Crippen LogP contribution in [0.2, 0.25) is 0 Å². The number of ether oxygens (including phenoxy) is 9. The minimum atomic E-state index is -0.141. The molecular formula is C27H52O10. The monoisotopic (exact) mass is 536 g/mol. The summed E-state index contributed by atoms with van der Waals surface area (Å²) in [5.74, 6) is -0.141. The Morgan fingerprint density at radius 1 is 0.622 bits per heavy atom. The second kappa shape index (κ2) is 28.2. The van der Waals surface area contributed by atoms with Gasteiger partial charge >= 0.3 is 5.97 Å². The third-order valence-corrected chi connectivity index (χ3v) is 5.50. The summed E-state index contributed by atoms with van der Waals surface area (Å²) < 4.78 is 48.9. The normalized spacial score (nSPS) is 15.8. The van der Waals surface area contributed by atoms with Crippen LogP contribution < -0.4 is 0 Å². The molecule has 0 N–H and O–H groups in total. The molecule has 0 radical (unpaired) electrons. The van der Waals surface area contributed by atoms with Gasteiger partial charge in [-0.2, -0.15) is 0 Å². The molecular weight excluding hydrogens is 484 g/mol. The number of carbonyl (C=O) groups is 1. The Morgan fingerprint density at radius 3 is 1.59 bits per heavy atom. The van der Waals surface area contributed by atoms with Gasteiger partial charge in [-0.1, -0.05) is 32.6 Å². The predicted molar refractivity (Wildman–Crippen MR) is 139 cm³/mol. The van der Waals surface area contributed by atoms with Gasteiger partial charge in [0.05, 0.1) is 85.9 Å². The maximum absolute atomic E-state index is 11.6. The molecule has 1 atom stereocenters. The van der Waals surface area contributed by atoms with Crippen LogP contribution in [0.25, 0.3) is 0 Å². The van der Waals surface area contributed by atoms with E-state index in [1.54, 1.807) is 0 Å². The van der Waals surface area contributed by atoms with Gasteiger partial charge in [-0.25, -0.2) is 0 Å². The summed E-state index contributed by atoms with van der Waals surface area (Å²) in [5, 5.41) is 0. The SMILES string of the molecule is CCCCCCCC(=O)OCCOCCOCCOCCOCCOCCOCCOC1CCCCO1. The van der Waals surface area contributed by atoms with Crippen LogP contribution in [0.5, 0.6) is 0 Å². The van der Waals surface area contributed by atoms with Crippen LogP contribution in [0.4, 0.5) is 0 Å². The molecule has 1 heterocycles. The smallest absolute Gasteiger partial charge is 0.305 e. The molecule has 0 amide bonds. The molecule has 0 spiro atoms. The minimum Gasteiger partial charge on any atom is -0.463 e. The third kappa shape index (κ3) is 25.2. The Balaban J connectivity index is 1.65. The quantitative estimate of drug-likeness (QED) is 0.109. The Kier molecular flexibility index (Phi) is 26.0. The fourth-order valence-electron chi connectivity index (χ4n) is 3.44. The highest BCUT2D eigenvalue weighted by molar-refractivity contribution is 5.69. The van der Waals surface area contributed by atoms with Crippen LogP contribution in [-0.2, 0) is 47.4 Å². The van der Waals surface area contributed by atoms with E-state index in [1.807, 2.05) is 0 Å². The Labute approximate surface area is 223 Å². The van der Waals surface area contributed by atoms with Crippen molar-refractivity contribution >= 4 is 5.97 Å². The molecule has 220 valence electrons. The zero-order valence-corrected chi connectivity index (χ0v) is 23.1. The molecule has 1 aliphatic heterocycles. The van der Waals surface area contributed by atoms with Crippen LogP contribution in [0.15, 0.2) is 0 Å². The van der Waals surface area contributed by atoms with Crippen LogP contribution in [-0.4, -0.2) is 111 Å². The summed E-state index contributed by atoms with van der Waals surface area (Å²) in [4.78, 5) is 11.6. The number of esters is 1. The first-order chi connectivity index (χ1) is 18.3. The molecule has 0 bridgehead atoms. The van der Waals surface area contributed by atoms with Crippen LogP contribution in [0.1, 0.15) is 64.7 Å². The van der Waals surface area contributed by atoms with Crippen LogP contribution in [0.3, 0.4) is 0 Å². The van der Waals surface area contributed by atoms with E-state index in [0.29, 0.717) is 98.9 Å². The van der Waals surface area contributed by atoms with Crippen molar-refractivity contribution in [2.45, 2.75) is 71.0 Å². The van der Waals surface area contributed by atoms with Gasteiger partial charge in [0.25, 0.3) is 0 Å². The van der Waals surface area contributed by atoms with Gasteiger partial charge in [0.1, 0.15) is 6.61 Å². The number of hydrogen-bond acceptors (Lipinski definition) is 10. The van der Waals surface area contributed by atoms with Crippen LogP contribution >= 0.6 is 0 Å². The zero-order valence-electron chi connectivity index (χ0n) is 23.1. The number of carbonyl (C=O) groups excluding carboxylic acids is 1. The van der Waals surface area contributed by atoms with Gasteiger partial charge in [0.15, 0.2) is 6.29 Å². The average Bonchev–Trinajstić information content (AvgIpc) is 2.92. The van der Waals surface area contributed by atoms with Gasteiger partial charge in [0.2, 0.25) is 0 Å². The average molecular weight is 537 g/mol. The number of rotatable bonds is 28. The summed E-state index contributed by atoms with van der Waals surface area (Å²) in [6.45, 7) is 9.83. The first-order valence-electron chi connectivity index (χ1n) is 14.2. The summed E-state index contributed by atoms with van der Waals surface area (Å²) in [5.41, 5.74) is 0. The van der Waals surface area contributed by atoms with Crippen molar-refractivity contribution in [3.63, 3.8) is 0 Å². The van der Waals surface area contributed by atoms with Gasteiger partial charge in [0, 0.05) is 13.0 Å². The number of unbranched alkanes of at least 4 members (excludes halogenated alkanes) is 4. The Morgan fingerprint density at radius 2 is 1.11 bits per heavy atom. The van der Waals surface area contributed by atoms with Gasteiger partial charge in [-0.05, 0) is 25.7 Å². The maximum atomic E-state index is 11.6. The molecule has 1 unspecified atom stereocenters. The zero-order chi connectivity index (χ0) is 26.5. The Hall–Kier alpha value is -0.850. The van der Waals surface area contributed by atoms with E-state index in [1.165, 1.54) is 25.7 Å². The fourth-order valence-corrected chi connectivity index (χ4v) is 3.44. The number of hydrogen-bond donors (Lipinski definition) is 0. The molecule has 0 aromatic carbocycles. The van der Waals surface area contributed by atoms with Gasteiger partial charge in [-0.15, -0.1) is 0 Å². The fraction of sp³-hybridized carbons (Fsp3) is 0.963. The second-order valence-electron chi connectivity index (χ2n) is 8.73. The minimum absolute atomic E-state index is 0.0632. The first-order valence-corrected chi connectivity index (χ1v) is 14.2. The van der Waals surface area contributed by atoms with E-state index in [4.69, 9.17) is 42.6 Å². The van der Waals surface area contributed by atoms with Crippen molar-refractivity contribution in [1.29, 1.82) is 0 Å². The molecule has 37 heavy (non-hydrogen) atoms. The topological polar surface area (TPSA) is 100 Å². The van der Waals surface area contributed by atoms with Crippen molar-refractivity contribution in [2.75, 3.05) is 99.1 Å². The largest absolute Gasteiger partial charge is 0.463 e. The lowest BCUT2D eigenvalue weighted by atomic mass is 10.1. The Bertz CT molecular complexity index is 474. The standard InChI is InChI=1S/C27H52O10/c1-2-3-4-5-6-9-26(28)35-24-22-33-20-18-31-16-14-29-12-13-30-15-17-32-19-21-34-23-25-37-27-10-7-8-11-36-27/h27H,2-25H2,1H3. The van der Waals surface area contributed by atoms with Crippen molar-refractivity contribution in [3.05, 3.63) is 0 Å². The summed E-state index contributed by atoms with van der Waals surface area (Å²) in [7, 11) is 0. The lowest BCUT2D eigenvalue weighted by molar-refractivity contribution is -0.169. The second-order valence-corrected chi connectivity index (χ2v) is 8.73. The lowest BCUT2D eigenvalue weighted by Gasteiger charge is -2.22.